The van der Waals surface area contributed by atoms with Gasteiger partial charge in [-0.1, -0.05) is 6.07 Å². The standard InChI is InChI=1S/C13H19N3O/c1-13(6-9-14-10-13)12(17)16-8-5-11-4-2-3-7-15-11/h2-4,7,14H,5-6,8-10H2,1H3,(H,16,17). The molecule has 0 aliphatic carbocycles. The van der Waals surface area contributed by atoms with Crippen LogP contribution < -0.4 is 10.6 Å². The van der Waals surface area contributed by atoms with E-state index in [1.54, 1.807) is 6.20 Å². The zero-order chi connectivity index (χ0) is 12.1. The Hall–Kier alpha value is -1.42. The first kappa shape index (κ1) is 12.0. The third-order valence-corrected chi connectivity index (χ3v) is 3.31. The third kappa shape index (κ3) is 3.03. The van der Waals surface area contributed by atoms with E-state index in [4.69, 9.17) is 0 Å². The Morgan fingerprint density at radius 1 is 1.59 bits per heavy atom. The van der Waals surface area contributed by atoms with Crippen LogP contribution >= 0.6 is 0 Å². The first-order valence-corrected chi connectivity index (χ1v) is 6.10. The second-order valence-corrected chi connectivity index (χ2v) is 4.81. The number of rotatable bonds is 4. The van der Waals surface area contributed by atoms with Gasteiger partial charge in [0.2, 0.25) is 5.91 Å². The van der Waals surface area contributed by atoms with Gasteiger partial charge in [0.15, 0.2) is 0 Å². The molecule has 1 unspecified atom stereocenters. The molecule has 1 aliphatic heterocycles. The van der Waals surface area contributed by atoms with Gasteiger partial charge in [-0.15, -0.1) is 0 Å². The number of nitrogens with one attached hydrogen (secondary N) is 2. The monoisotopic (exact) mass is 233 g/mol. The molecule has 0 bridgehead atoms. The van der Waals surface area contributed by atoms with Crippen LogP contribution in [0.2, 0.25) is 0 Å². The molecule has 4 heteroatoms. The summed E-state index contributed by atoms with van der Waals surface area (Å²) in [5.41, 5.74) is 0.784. The molecule has 2 N–H and O–H groups in total. The highest BCUT2D eigenvalue weighted by atomic mass is 16.2. The summed E-state index contributed by atoms with van der Waals surface area (Å²) in [6.45, 7) is 4.39. The van der Waals surface area contributed by atoms with E-state index in [2.05, 4.69) is 15.6 Å². The van der Waals surface area contributed by atoms with Crippen LogP contribution in [0.15, 0.2) is 24.4 Å². The van der Waals surface area contributed by atoms with E-state index in [1.165, 1.54) is 0 Å². The van der Waals surface area contributed by atoms with E-state index in [1.807, 2.05) is 25.1 Å². The van der Waals surface area contributed by atoms with Gasteiger partial charge in [-0.2, -0.15) is 0 Å². The van der Waals surface area contributed by atoms with E-state index in [0.29, 0.717) is 6.54 Å². The summed E-state index contributed by atoms with van der Waals surface area (Å²) < 4.78 is 0. The first-order chi connectivity index (χ1) is 8.21. The number of amides is 1. The van der Waals surface area contributed by atoms with E-state index in [0.717, 1.165) is 31.6 Å². The summed E-state index contributed by atoms with van der Waals surface area (Å²) >= 11 is 0. The maximum atomic E-state index is 12.0. The Kier molecular flexibility index (Phi) is 3.74. The van der Waals surface area contributed by atoms with Crippen LogP contribution in [0.1, 0.15) is 19.0 Å². The number of carbonyl (C=O) groups is 1. The number of nitrogens with zero attached hydrogens (tertiary/aromatic N) is 1. The molecule has 1 saturated heterocycles. The van der Waals surface area contributed by atoms with Crippen LogP contribution in [-0.4, -0.2) is 30.5 Å². The minimum absolute atomic E-state index is 0.151. The van der Waals surface area contributed by atoms with Gasteiger partial charge in [0, 0.05) is 31.4 Å². The smallest absolute Gasteiger partial charge is 0.227 e. The molecule has 1 atom stereocenters. The van der Waals surface area contributed by atoms with Gasteiger partial charge in [-0.05, 0) is 32.0 Å². The van der Waals surface area contributed by atoms with Gasteiger partial charge in [-0.25, -0.2) is 0 Å². The number of hydrogen-bond acceptors (Lipinski definition) is 3. The average Bonchev–Trinajstić information content (AvgIpc) is 2.79. The highest BCUT2D eigenvalue weighted by Crippen LogP contribution is 2.24. The van der Waals surface area contributed by atoms with Gasteiger partial charge in [0.05, 0.1) is 5.41 Å². The zero-order valence-electron chi connectivity index (χ0n) is 10.2. The maximum Gasteiger partial charge on any atom is 0.227 e. The maximum absolute atomic E-state index is 12.0. The van der Waals surface area contributed by atoms with Crippen LogP contribution in [0.4, 0.5) is 0 Å². The average molecular weight is 233 g/mol. The molecular weight excluding hydrogens is 214 g/mol. The van der Waals surface area contributed by atoms with Crippen molar-refractivity contribution in [2.24, 2.45) is 5.41 Å². The highest BCUT2D eigenvalue weighted by molar-refractivity contribution is 5.82. The molecule has 4 nitrogen and oxygen atoms in total. The quantitative estimate of drug-likeness (QED) is 0.806. The SMILES string of the molecule is CC1(C(=O)NCCc2ccccn2)CCNC1. The van der Waals surface area contributed by atoms with Crippen LogP contribution in [0.3, 0.4) is 0 Å². The Bertz CT molecular complexity index is 372. The van der Waals surface area contributed by atoms with Gasteiger partial charge in [-0.3, -0.25) is 9.78 Å². The fourth-order valence-corrected chi connectivity index (χ4v) is 2.07. The van der Waals surface area contributed by atoms with Crippen molar-refractivity contribution in [1.82, 2.24) is 15.6 Å². The summed E-state index contributed by atoms with van der Waals surface area (Å²) in [6, 6.07) is 5.84. The second kappa shape index (κ2) is 5.27. The fourth-order valence-electron chi connectivity index (χ4n) is 2.07. The van der Waals surface area contributed by atoms with Crippen LogP contribution in [0, 0.1) is 5.41 Å². The normalized spacial score (nSPS) is 23.6. The molecule has 17 heavy (non-hydrogen) atoms. The molecule has 0 radical (unpaired) electrons. The van der Waals surface area contributed by atoms with Crippen LogP contribution in [-0.2, 0) is 11.2 Å². The lowest BCUT2D eigenvalue weighted by molar-refractivity contribution is -0.129. The molecule has 1 fully saturated rings. The van der Waals surface area contributed by atoms with Gasteiger partial charge < -0.3 is 10.6 Å². The predicted molar refractivity (Wildman–Crippen MR) is 66.5 cm³/mol. The molecule has 1 aliphatic rings. The predicted octanol–water partition coefficient (Wildman–Crippen LogP) is 0.740. The zero-order valence-corrected chi connectivity index (χ0v) is 10.2. The van der Waals surface area contributed by atoms with Crippen molar-refractivity contribution < 1.29 is 4.79 Å². The molecular formula is C13H19N3O. The summed E-state index contributed by atoms with van der Waals surface area (Å²) in [4.78, 5) is 16.2. The third-order valence-electron chi connectivity index (χ3n) is 3.31. The molecule has 0 saturated carbocycles. The minimum Gasteiger partial charge on any atom is -0.355 e. The van der Waals surface area contributed by atoms with Crippen molar-refractivity contribution in [3.63, 3.8) is 0 Å². The van der Waals surface area contributed by atoms with Crippen molar-refractivity contribution in [3.8, 4) is 0 Å². The molecule has 2 rings (SSSR count). The number of aromatic nitrogens is 1. The van der Waals surface area contributed by atoms with Gasteiger partial charge >= 0.3 is 0 Å². The van der Waals surface area contributed by atoms with E-state index >= 15 is 0 Å². The van der Waals surface area contributed by atoms with Gasteiger partial charge in [0.1, 0.15) is 0 Å². The van der Waals surface area contributed by atoms with E-state index < -0.39 is 0 Å². The Balaban J connectivity index is 1.77. The minimum atomic E-state index is -0.232. The highest BCUT2D eigenvalue weighted by Gasteiger charge is 2.35. The van der Waals surface area contributed by atoms with Crippen molar-refractivity contribution in [2.45, 2.75) is 19.8 Å². The number of carbonyl (C=O) groups excluding carboxylic acids is 1. The molecule has 1 aromatic heterocycles. The lowest BCUT2D eigenvalue weighted by atomic mass is 9.89. The Labute approximate surface area is 102 Å². The first-order valence-electron chi connectivity index (χ1n) is 6.10. The molecule has 2 heterocycles. The largest absolute Gasteiger partial charge is 0.355 e. The topological polar surface area (TPSA) is 54.0 Å². The molecule has 1 aromatic rings. The van der Waals surface area contributed by atoms with E-state index in [9.17, 15) is 4.79 Å². The summed E-state index contributed by atoms with van der Waals surface area (Å²) in [6.07, 6.45) is 3.48. The van der Waals surface area contributed by atoms with Crippen molar-refractivity contribution in [3.05, 3.63) is 30.1 Å². The molecule has 1 amide bonds. The molecule has 0 spiro atoms. The fraction of sp³-hybridized carbons (Fsp3) is 0.538. The summed E-state index contributed by atoms with van der Waals surface area (Å²) in [5.74, 6) is 0.151. The second-order valence-electron chi connectivity index (χ2n) is 4.81. The summed E-state index contributed by atoms with van der Waals surface area (Å²) in [7, 11) is 0. The summed E-state index contributed by atoms with van der Waals surface area (Å²) in [5, 5.41) is 6.22. The Morgan fingerprint density at radius 3 is 3.12 bits per heavy atom. The molecule has 92 valence electrons. The van der Waals surface area contributed by atoms with E-state index in [-0.39, 0.29) is 11.3 Å². The lowest BCUT2D eigenvalue weighted by Crippen LogP contribution is -2.41. The van der Waals surface area contributed by atoms with Crippen molar-refractivity contribution in [1.29, 1.82) is 0 Å². The number of hydrogen-bond donors (Lipinski definition) is 2. The number of pyridine rings is 1. The lowest BCUT2D eigenvalue weighted by Gasteiger charge is -2.21. The van der Waals surface area contributed by atoms with Crippen molar-refractivity contribution >= 4 is 5.91 Å². The Morgan fingerprint density at radius 2 is 2.47 bits per heavy atom. The van der Waals surface area contributed by atoms with Crippen molar-refractivity contribution in [2.75, 3.05) is 19.6 Å². The van der Waals surface area contributed by atoms with Gasteiger partial charge in [0.25, 0.3) is 0 Å². The molecule has 0 aromatic carbocycles. The van der Waals surface area contributed by atoms with Crippen LogP contribution in [0.5, 0.6) is 0 Å². The van der Waals surface area contributed by atoms with Crippen LogP contribution in [0.25, 0.3) is 0 Å².